The first kappa shape index (κ1) is 9.16. The van der Waals surface area contributed by atoms with Crippen LogP contribution in [-0.4, -0.2) is 25.3 Å². The van der Waals surface area contributed by atoms with Crippen LogP contribution in [0.15, 0.2) is 0 Å². The second-order valence-corrected chi connectivity index (χ2v) is 3.85. The van der Waals surface area contributed by atoms with Gasteiger partial charge in [-0.25, -0.2) is 0 Å². The summed E-state index contributed by atoms with van der Waals surface area (Å²) < 4.78 is 11.3. The van der Waals surface area contributed by atoms with Crippen LogP contribution in [0.3, 0.4) is 0 Å². The van der Waals surface area contributed by atoms with Crippen molar-refractivity contribution in [2.24, 2.45) is 5.92 Å². The Kier molecular flexibility index (Phi) is 2.65. The maximum atomic E-state index is 10.5. The van der Waals surface area contributed by atoms with Crippen LogP contribution in [0.25, 0.3) is 0 Å². The molecule has 1 unspecified atom stereocenters. The molecule has 13 heavy (non-hydrogen) atoms. The van der Waals surface area contributed by atoms with Gasteiger partial charge in [0.2, 0.25) is 0 Å². The molecule has 1 atom stereocenters. The molecule has 2 aliphatic rings. The molecule has 3 heteroatoms. The second-order valence-electron chi connectivity index (χ2n) is 3.85. The van der Waals surface area contributed by atoms with Gasteiger partial charge in [0.05, 0.1) is 13.2 Å². The standard InChI is InChI=1S/C10H16O3/c11-6-4-9-3-1-2-5-10(9)12-7-8-13-10/h6,9H,1-5,7-8H2. The molecular weight excluding hydrogens is 168 g/mol. The van der Waals surface area contributed by atoms with E-state index in [0.717, 1.165) is 25.5 Å². The van der Waals surface area contributed by atoms with E-state index in [4.69, 9.17) is 9.47 Å². The molecule has 1 spiro atoms. The van der Waals surface area contributed by atoms with E-state index < -0.39 is 0 Å². The van der Waals surface area contributed by atoms with Crippen molar-refractivity contribution in [2.45, 2.75) is 37.9 Å². The predicted octanol–water partition coefficient (Wildman–Crippen LogP) is 1.51. The van der Waals surface area contributed by atoms with Crippen molar-refractivity contribution in [3.63, 3.8) is 0 Å². The van der Waals surface area contributed by atoms with Crippen LogP contribution in [0.1, 0.15) is 32.1 Å². The van der Waals surface area contributed by atoms with Crippen LogP contribution >= 0.6 is 0 Å². The highest BCUT2D eigenvalue weighted by Crippen LogP contribution is 2.41. The molecule has 2 fully saturated rings. The highest BCUT2D eigenvalue weighted by atomic mass is 16.7. The Bertz CT molecular complexity index is 185. The van der Waals surface area contributed by atoms with Crippen molar-refractivity contribution < 1.29 is 14.3 Å². The maximum absolute atomic E-state index is 10.5. The summed E-state index contributed by atoms with van der Waals surface area (Å²) in [4.78, 5) is 10.5. The molecule has 0 aromatic rings. The van der Waals surface area contributed by atoms with E-state index in [-0.39, 0.29) is 5.79 Å². The van der Waals surface area contributed by atoms with Gasteiger partial charge >= 0.3 is 0 Å². The van der Waals surface area contributed by atoms with Crippen LogP contribution in [-0.2, 0) is 14.3 Å². The lowest BCUT2D eigenvalue weighted by atomic mass is 9.81. The number of carbonyl (C=O) groups is 1. The molecule has 74 valence electrons. The summed E-state index contributed by atoms with van der Waals surface area (Å²) in [6, 6.07) is 0. The first-order valence-corrected chi connectivity index (χ1v) is 5.09. The molecule has 1 aliphatic carbocycles. The predicted molar refractivity (Wildman–Crippen MR) is 47.3 cm³/mol. The molecular formula is C10H16O3. The van der Waals surface area contributed by atoms with Gasteiger partial charge in [0.15, 0.2) is 5.79 Å². The third-order valence-corrected chi connectivity index (χ3v) is 3.11. The minimum atomic E-state index is -0.390. The molecule has 3 nitrogen and oxygen atoms in total. The van der Waals surface area contributed by atoms with E-state index in [1.54, 1.807) is 0 Å². The quantitative estimate of drug-likeness (QED) is 0.610. The fourth-order valence-corrected chi connectivity index (χ4v) is 2.45. The maximum Gasteiger partial charge on any atom is 0.171 e. The van der Waals surface area contributed by atoms with Crippen molar-refractivity contribution in [3.8, 4) is 0 Å². The number of hydrogen-bond acceptors (Lipinski definition) is 3. The highest BCUT2D eigenvalue weighted by molar-refractivity contribution is 5.50. The molecule has 1 saturated heterocycles. The number of ether oxygens (including phenoxy) is 2. The Morgan fingerprint density at radius 3 is 2.77 bits per heavy atom. The summed E-state index contributed by atoms with van der Waals surface area (Å²) in [5.74, 6) is -0.0969. The zero-order valence-electron chi connectivity index (χ0n) is 7.83. The molecule has 1 saturated carbocycles. The number of aldehydes is 1. The van der Waals surface area contributed by atoms with E-state index in [9.17, 15) is 4.79 Å². The van der Waals surface area contributed by atoms with E-state index in [1.165, 1.54) is 6.42 Å². The lowest BCUT2D eigenvalue weighted by Crippen LogP contribution is -2.42. The summed E-state index contributed by atoms with van der Waals surface area (Å²) in [6.45, 7) is 1.38. The first-order chi connectivity index (χ1) is 6.37. The topological polar surface area (TPSA) is 35.5 Å². The third-order valence-electron chi connectivity index (χ3n) is 3.11. The molecule has 1 aliphatic heterocycles. The van der Waals surface area contributed by atoms with Gasteiger partial charge in [-0.15, -0.1) is 0 Å². The molecule has 0 bridgehead atoms. The number of rotatable bonds is 2. The largest absolute Gasteiger partial charge is 0.347 e. The molecule has 0 aromatic carbocycles. The van der Waals surface area contributed by atoms with Gasteiger partial charge < -0.3 is 14.3 Å². The van der Waals surface area contributed by atoms with Gasteiger partial charge in [-0.3, -0.25) is 0 Å². The Morgan fingerprint density at radius 2 is 2.08 bits per heavy atom. The number of hydrogen-bond donors (Lipinski definition) is 0. The zero-order valence-corrected chi connectivity index (χ0v) is 7.83. The van der Waals surface area contributed by atoms with Crippen molar-refractivity contribution >= 4 is 6.29 Å². The monoisotopic (exact) mass is 184 g/mol. The Balaban J connectivity index is 2.06. The van der Waals surface area contributed by atoms with Crippen LogP contribution in [0, 0.1) is 5.92 Å². The molecule has 2 rings (SSSR count). The van der Waals surface area contributed by atoms with E-state index in [2.05, 4.69) is 0 Å². The molecule has 0 amide bonds. The average Bonchev–Trinajstić information content (AvgIpc) is 2.59. The van der Waals surface area contributed by atoms with Gasteiger partial charge in [-0.2, -0.15) is 0 Å². The molecule has 0 N–H and O–H groups in total. The Morgan fingerprint density at radius 1 is 1.31 bits per heavy atom. The van der Waals surface area contributed by atoms with Crippen molar-refractivity contribution in [1.29, 1.82) is 0 Å². The lowest BCUT2D eigenvalue weighted by Gasteiger charge is -2.38. The lowest BCUT2D eigenvalue weighted by molar-refractivity contribution is -0.212. The van der Waals surface area contributed by atoms with Gasteiger partial charge in [0.1, 0.15) is 6.29 Å². The molecule has 0 radical (unpaired) electrons. The van der Waals surface area contributed by atoms with Crippen LogP contribution < -0.4 is 0 Å². The summed E-state index contributed by atoms with van der Waals surface area (Å²) in [6.07, 6.45) is 5.97. The van der Waals surface area contributed by atoms with Gasteiger partial charge in [0.25, 0.3) is 0 Å². The highest BCUT2D eigenvalue weighted by Gasteiger charge is 2.45. The summed E-state index contributed by atoms with van der Waals surface area (Å²) >= 11 is 0. The van der Waals surface area contributed by atoms with Crippen molar-refractivity contribution in [1.82, 2.24) is 0 Å². The fraction of sp³-hybridized carbons (Fsp3) is 0.900. The van der Waals surface area contributed by atoms with Gasteiger partial charge in [-0.05, 0) is 12.8 Å². The van der Waals surface area contributed by atoms with Crippen LogP contribution in [0.5, 0.6) is 0 Å². The van der Waals surface area contributed by atoms with Gasteiger partial charge in [0, 0.05) is 18.8 Å². The smallest absolute Gasteiger partial charge is 0.171 e. The van der Waals surface area contributed by atoms with Gasteiger partial charge in [-0.1, -0.05) is 6.42 Å². The minimum Gasteiger partial charge on any atom is -0.347 e. The second kappa shape index (κ2) is 3.76. The third kappa shape index (κ3) is 1.63. The normalized spacial score (nSPS) is 32.2. The molecule has 1 heterocycles. The average molecular weight is 184 g/mol. The van der Waals surface area contributed by atoms with E-state index in [1.807, 2.05) is 0 Å². The summed E-state index contributed by atoms with van der Waals surface area (Å²) in [7, 11) is 0. The fourth-order valence-electron chi connectivity index (χ4n) is 2.45. The SMILES string of the molecule is O=CCC1CCCCC12OCCO2. The molecule has 0 aromatic heterocycles. The van der Waals surface area contributed by atoms with Crippen LogP contribution in [0.2, 0.25) is 0 Å². The summed E-state index contributed by atoms with van der Waals surface area (Å²) in [5.41, 5.74) is 0. The minimum absolute atomic E-state index is 0.293. The van der Waals surface area contributed by atoms with Crippen molar-refractivity contribution in [2.75, 3.05) is 13.2 Å². The zero-order chi connectivity index (χ0) is 9.15. The van der Waals surface area contributed by atoms with Crippen LogP contribution in [0.4, 0.5) is 0 Å². The Labute approximate surface area is 78.4 Å². The first-order valence-electron chi connectivity index (χ1n) is 5.09. The summed E-state index contributed by atoms with van der Waals surface area (Å²) in [5, 5.41) is 0. The Hall–Kier alpha value is -0.410. The van der Waals surface area contributed by atoms with Crippen molar-refractivity contribution in [3.05, 3.63) is 0 Å². The van der Waals surface area contributed by atoms with E-state index in [0.29, 0.717) is 25.6 Å². The van der Waals surface area contributed by atoms with E-state index >= 15 is 0 Å². The number of carbonyl (C=O) groups excluding carboxylic acids is 1.